The number of rotatable bonds is 7. The van der Waals surface area contributed by atoms with E-state index in [1.807, 2.05) is 4.90 Å². The number of carboxylic acid groups (broad SMARTS) is 1. The maximum Gasteiger partial charge on any atom is 0.317 e. The summed E-state index contributed by atoms with van der Waals surface area (Å²) in [7, 11) is 0. The van der Waals surface area contributed by atoms with Crippen LogP contribution < -0.4 is 4.74 Å². The fourth-order valence-corrected chi connectivity index (χ4v) is 1.82. The molecule has 4 nitrogen and oxygen atoms in total. The zero-order chi connectivity index (χ0) is 13.0. The van der Waals surface area contributed by atoms with Crippen LogP contribution in [-0.2, 0) is 4.79 Å². The fourth-order valence-electron chi connectivity index (χ4n) is 1.82. The third-order valence-electron chi connectivity index (χ3n) is 2.86. The van der Waals surface area contributed by atoms with Gasteiger partial charge in [-0.2, -0.15) is 0 Å². The molecule has 0 unspecified atom stereocenters. The molecular weight excluding hydrogens is 237 g/mol. The van der Waals surface area contributed by atoms with E-state index >= 15 is 0 Å². The van der Waals surface area contributed by atoms with Gasteiger partial charge in [-0.3, -0.25) is 9.69 Å². The van der Waals surface area contributed by atoms with E-state index < -0.39 is 5.97 Å². The SMILES string of the molecule is O=C(O)CN(CCOc1ccc(F)cc1)C1CC1. The summed E-state index contributed by atoms with van der Waals surface area (Å²) < 4.78 is 18.1. The summed E-state index contributed by atoms with van der Waals surface area (Å²) in [5.74, 6) is -0.515. The van der Waals surface area contributed by atoms with E-state index in [1.54, 1.807) is 12.1 Å². The van der Waals surface area contributed by atoms with Gasteiger partial charge in [-0.05, 0) is 37.1 Å². The van der Waals surface area contributed by atoms with Crippen LogP contribution in [0, 0.1) is 5.82 Å². The molecule has 0 spiro atoms. The highest BCUT2D eigenvalue weighted by molar-refractivity contribution is 5.69. The lowest BCUT2D eigenvalue weighted by Gasteiger charge is -2.19. The summed E-state index contributed by atoms with van der Waals surface area (Å²) in [6, 6.07) is 6.19. The fraction of sp³-hybridized carbons (Fsp3) is 0.462. The summed E-state index contributed by atoms with van der Waals surface area (Å²) in [5, 5.41) is 8.78. The molecule has 0 radical (unpaired) electrons. The van der Waals surface area contributed by atoms with Crippen molar-refractivity contribution in [1.29, 1.82) is 0 Å². The minimum absolute atomic E-state index is 0.0530. The highest BCUT2D eigenvalue weighted by Crippen LogP contribution is 2.26. The number of nitrogens with zero attached hydrogens (tertiary/aromatic N) is 1. The third-order valence-corrected chi connectivity index (χ3v) is 2.86. The zero-order valence-electron chi connectivity index (χ0n) is 10.0. The average Bonchev–Trinajstić information content (AvgIpc) is 3.14. The number of carbonyl (C=O) groups is 1. The summed E-state index contributed by atoms with van der Waals surface area (Å²) in [4.78, 5) is 12.6. The molecule has 5 heteroatoms. The van der Waals surface area contributed by atoms with Gasteiger partial charge in [0.2, 0.25) is 0 Å². The molecule has 0 amide bonds. The van der Waals surface area contributed by atoms with E-state index in [-0.39, 0.29) is 12.4 Å². The number of hydrogen-bond donors (Lipinski definition) is 1. The van der Waals surface area contributed by atoms with Crippen molar-refractivity contribution in [2.24, 2.45) is 0 Å². The molecule has 1 saturated carbocycles. The van der Waals surface area contributed by atoms with E-state index in [4.69, 9.17) is 9.84 Å². The molecule has 0 aliphatic heterocycles. The second-order valence-corrected chi connectivity index (χ2v) is 4.40. The van der Waals surface area contributed by atoms with Gasteiger partial charge < -0.3 is 9.84 Å². The summed E-state index contributed by atoms with van der Waals surface area (Å²) >= 11 is 0. The van der Waals surface area contributed by atoms with Crippen LogP contribution in [0.15, 0.2) is 24.3 Å². The van der Waals surface area contributed by atoms with Crippen molar-refractivity contribution >= 4 is 5.97 Å². The number of hydrogen-bond acceptors (Lipinski definition) is 3. The minimum Gasteiger partial charge on any atom is -0.492 e. The Morgan fingerprint density at radius 2 is 2.06 bits per heavy atom. The van der Waals surface area contributed by atoms with Crippen molar-refractivity contribution in [2.75, 3.05) is 19.7 Å². The molecule has 0 bridgehead atoms. The lowest BCUT2D eigenvalue weighted by Crippen LogP contribution is -2.35. The highest BCUT2D eigenvalue weighted by atomic mass is 19.1. The van der Waals surface area contributed by atoms with Crippen molar-refractivity contribution in [1.82, 2.24) is 4.90 Å². The Hall–Kier alpha value is -1.62. The second-order valence-electron chi connectivity index (χ2n) is 4.40. The molecule has 0 saturated heterocycles. The maximum absolute atomic E-state index is 12.7. The van der Waals surface area contributed by atoms with E-state index in [9.17, 15) is 9.18 Å². The first-order chi connectivity index (χ1) is 8.65. The highest BCUT2D eigenvalue weighted by Gasteiger charge is 2.29. The van der Waals surface area contributed by atoms with E-state index in [2.05, 4.69) is 0 Å². The Kier molecular flexibility index (Phi) is 4.15. The van der Waals surface area contributed by atoms with Crippen LogP contribution >= 0.6 is 0 Å². The van der Waals surface area contributed by atoms with Crippen LogP contribution in [0.2, 0.25) is 0 Å². The topological polar surface area (TPSA) is 49.8 Å². The van der Waals surface area contributed by atoms with Crippen LogP contribution in [0.5, 0.6) is 5.75 Å². The first-order valence-electron chi connectivity index (χ1n) is 5.99. The summed E-state index contributed by atoms with van der Waals surface area (Å²) in [6.07, 6.45) is 2.12. The largest absolute Gasteiger partial charge is 0.492 e. The number of ether oxygens (including phenoxy) is 1. The molecule has 2 rings (SSSR count). The molecule has 1 aliphatic carbocycles. The quantitative estimate of drug-likeness (QED) is 0.804. The molecule has 0 aromatic heterocycles. The monoisotopic (exact) mass is 253 g/mol. The molecule has 1 aromatic rings. The molecule has 18 heavy (non-hydrogen) atoms. The normalized spacial score (nSPS) is 14.8. The Bertz CT molecular complexity index is 403. The third kappa shape index (κ3) is 4.00. The van der Waals surface area contributed by atoms with Crippen molar-refractivity contribution in [3.63, 3.8) is 0 Å². The lowest BCUT2D eigenvalue weighted by atomic mass is 10.3. The first-order valence-corrected chi connectivity index (χ1v) is 5.99. The Morgan fingerprint density at radius 3 is 2.61 bits per heavy atom. The van der Waals surface area contributed by atoms with Crippen LogP contribution in [0.4, 0.5) is 4.39 Å². The molecule has 1 aliphatic rings. The predicted molar refractivity (Wildman–Crippen MR) is 64.1 cm³/mol. The van der Waals surface area contributed by atoms with Crippen LogP contribution in [0.3, 0.4) is 0 Å². The zero-order valence-corrected chi connectivity index (χ0v) is 10.0. The maximum atomic E-state index is 12.7. The van der Waals surface area contributed by atoms with E-state index in [0.29, 0.717) is 24.9 Å². The Labute approximate surface area is 105 Å². The number of halogens is 1. The van der Waals surface area contributed by atoms with Crippen LogP contribution in [-0.4, -0.2) is 41.7 Å². The van der Waals surface area contributed by atoms with Crippen molar-refractivity contribution in [2.45, 2.75) is 18.9 Å². The van der Waals surface area contributed by atoms with Crippen molar-refractivity contribution in [3.8, 4) is 5.75 Å². The van der Waals surface area contributed by atoms with Crippen molar-refractivity contribution in [3.05, 3.63) is 30.1 Å². The number of aliphatic carboxylic acids is 1. The standard InChI is InChI=1S/C13H16FNO3/c14-10-1-5-12(6-2-10)18-8-7-15(9-13(16)17)11-3-4-11/h1-2,5-6,11H,3-4,7-9H2,(H,16,17). The van der Waals surface area contributed by atoms with E-state index in [1.165, 1.54) is 12.1 Å². The van der Waals surface area contributed by atoms with E-state index in [0.717, 1.165) is 12.8 Å². The van der Waals surface area contributed by atoms with Crippen LogP contribution in [0.25, 0.3) is 0 Å². The number of carboxylic acids is 1. The van der Waals surface area contributed by atoms with Gasteiger partial charge in [0, 0.05) is 12.6 Å². The van der Waals surface area contributed by atoms with Gasteiger partial charge >= 0.3 is 5.97 Å². The molecular formula is C13H16FNO3. The van der Waals surface area contributed by atoms with Gasteiger partial charge in [0.1, 0.15) is 18.2 Å². The van der Waals surface area contributed by atoms with Gasteiger partial charge in [-0.1, -0.05) is 0 Å². The first kappa shape index (κ1) is 12.8. The summed E-state index contributed by atoms with van der Waals surface area (Å²) in [5.41, 5.74) is 0. The van der Waals surface area contributed by atoms with Crippen molar-refractivity contribution < 1.29 is 19.0 Å². The lowest BCUT2D eigenvalue weighted by molar-refractivity contribution is -0.138. The van der Waals surface area contributed by atoms with Gasteiger partial charge in [-0.15, -0.1) is 0 Å². The summed E-state index contributed by atoms with van der Waals surface area (Å²) in [6.45, 7) is 1.04. The molecule has 98 valence electrons. The second kappa shape index (κ2) is 5.82. The molecule has 1 aromatic carbocycles. The smallest absolute Gasteiger partial charge is 0.317 e. The Balaban J connectivity index is 1.75. The molecule has 0 atom stereocenters. The molecule has 1 fully saturated rings. The minimum atomic E-state index is -0.816. The number of benzene rings is 1. The molecule has 1 N–H and O–H groups in total. The van der Waals surface area contributed by atoms with Crippen LogP contribution in [0.1, 0.15) is 12.8 Å². The average molecular weight is 253 g/mol. The van der Waals surface area contributed by atoms with Gasteiger partial charge in [0.05, 0.1) is 6.54 Å². The van der Waals surface area contributed by atoms with Gasteiger partial charge in [0.15, 0.2) is 0 Å². The molecule has 0 heterocycles. The Morgan fingerprint density at radius 1 is 1.39 bits per heavy atom. The van der Waals surface area contributed by atoms with Gasteiger partial charge in [0.25, 0.3) is 0 Å². The van der Waals surface area contributed by atoms with Gasteiger partial charge in [-0.25, -0.2) is 4.39 Å². The predicted octanol–water partition coefficient (Wildman–Crippen LogP) is 1.75.